The van der Waals surface area contributed by atoms with Crippen LogP contribution < -0.4 is 11.1 Å². The van der Waals surface area contributed by atoms with Crippen LogP contribution in [0.5, 0.6) is 0 Å². The summed E-state index contributed by atoms with van der Waals surface area (Å²) < 4.78 is 32.1. The zero-order valence-electron chi connectivity index (χ0n) is 14.3. The fraction of sp³-hybridized carbons (Fsp3) is 0.688. The Labute approximate surface area is 148 Å². The molecule has 9 heteroatoms. The molecule has 2 amide bonds. The van der Waals surface area contributed by atoms with Crippen molar-refractivity contribution in [3.05, 3.63) is 17.9 Å². The van der Waals surface area contributed by atoms with Crippen molar-refractivity contribution in [1.82, 2.24) is 14.5 Å². The molecule has 2 aliphatic heterocycles. The van der Waals surface area contributed by atoms with Gasteiger partial charge in [0.2, 0.25) is 5.09 Å². The number of carbonyl (C=O) groups excluding carboxylic acids is 1. The lowest BCUT2D eigenvalue weighted by molar-refractivity contribution is 0.153. The topological polar surface area (TPSA) is 109 Å². The number of hydrogen-bond donors (Lipinski definition) is 2. The minimum absolute atomic E-state index is 0.0355. The van der Waals surface area contributed by atoms with Gasteiger partial charge in [-0.25, -0.2) is 13.2 Å². The van der Waals surface area contributed by atoms with Crippen LogP contribution >= 0.6 is 0 Å². The molecule has 1 aromatic heterocycles. The number of urea groups is 1. The minimum Gasteiger partial charge on any atom is -0.447 e. The first kappa shape index (κ1) is 18.2. The molecule has 0 saturated carbocycles. The molecule has 2 saturated heterocycles. The van der Waals surface area contributed by atoms with Gasteiger partial charge in [0.25, 0.3) is 10.0 Å². The highest BCUT2D eigenvalue weighted by Gasteiger charge is 2.30. The molecule has 2 fully saturated rings. The zero-order valence-corrected chi connectivity index (χ0v) is 15.1. The predicted octanol–water partition coefficient (Wildman–Crippen LogP) is 0.944. The van der Waals surface area contributed by atoms with Crippen molar-refractivity contribution in [3.8, 4) is 0 Å². The van der Waals surface area contributed by atoms with Crippen LogP contribution in [0.3, 0.4) is 0 Å². The predicted molar refractivity (Wildman–Crippen MR) is 92.3 cm³/mol. The second-order valence-electron chi connectivity index (χ2n) is 6.82. The summed E-state index contributed by atoms with van der Waals surface area (Å²) >= 11 is 0. The van der Waals surface area contributed by atoms with Crippen LogP contribution in [0.2, 0.25) is 0 Å². The molecular weight excluding hydrogens is 344 g/mol. The third kappa shape index (κ3) is 4.53. The Hall–Kier alpha value is -1.58. The first-order chi connectivity index (χ1) is 11.9. The van der Waals surface area contributed by atoms with Gasteiger partial charge < -0.3 is 15.5 Å². The van der Waals surface area contributed by atoms with Crippen molar-refractivity contribution in [2.24, 2.45) is 11.7 Å². The molecule has 1 aromatic rings. The lowest BCUT2D eigenvalue weighted by atomic mass is 9.98. The number of nitrogens with one attached hydrogen (secondary N) is 1. The second kappa shape index (κ2) is 7.76. The highest BCUT2D eigenvalue weighted by molar-refractivity contribution is 7.89. The fourth-order valence-corrected chi connectivity index (χ4v) is 5.01. The Morgan fingerprint density at radius 3 is 2.72 bits per heavy atom. The Bertz CT molecular complexity index is 697. The fourth-order valence-electron chi connectivity index (χ4n) is 3.56. The number of nitrogens with zero attached hydrogens (tertiary/aromatic N) is 2. The van der Waals surface area contributed by atoms with E-state index in [2.05, 4.69) is 10.2 Å². The van der Waals surface area contributed by atoms with Gasteiger partial charge in [-0.3, -0.25) is 4.90 Å². The molecule has 3 heterocycles. The third-order valence-corrected chi connectivity index (χ3v) is 6.62. The number of likely N-dealkylation sites (tertiary alicyclic amines) is 1. The maximum Gasteiger partial charge on any atom is 0.312 e. The molecule has 0 bridgehead atoms. The van der Waals surface area contributed by atoms with E-state index in [-0.39, 0.29) is 5.09 Å². The standard InChI is InChI=1S/C16H26N4O4S/c17-16(21)18-10-13-4-3-7-19(11-13)12-14-5-6-15(24-14)25(22,23)20-8-1-2-9-20/h5-6,13H,1-4,7-12H2,(H3,17,18,21)/t13-/m1/s1. The van der Waals surface area contributed by atoms with Gasteiger partial charge in [0.05, 0.1) is 6.54 Å². The number of primary amides is 1. The largest absolute Gasteiger partial charge is 0.447 e. The molecule has 3 N–H and O–H groups in total. The summed E-state index contributed by atoms with van der Waals surface area (Å²) in [6.45, 7) is 4.04. The normalized spacial score (nSPS) is 23.0. The molecule has 1 atom stereocenters. The van der Waals surface area contributed by atoms with E-state index in [0.29, 0.717) is 37.9 Å². The van der Waals surface area contributed by atoms with Gasteiger partial charge in [-0.2, -0.15) is 4.31 Å². The van der Waals surface area contributed by atoms with Crippen molar-refractivity contribution in [1.29, 1.82) is 0 Å². The van der Waals surface area contributed by atoms with E-state index in [1.54, 1.807) is 12.1 Å². The summed E-state index contributed by atoms with van der Waals surface area (Å²) in [7, 11) is -3.50. The lowest BCUT2D eigenvalue weighted by Gasteiger charge is -2.32. The zero-order chi connectivity index (χ0) is 17.9. The number of nitrogens with two attached hydrogens (primary N) is 1. The van der Waals surface area contributed by atoms with Gasteiger partial charge in [-0.05, 0) is 50.3 Å². The van der Waals surface area contributed by atoms with Crippen LogP contribution in [0.15, 0.2) is 21.6 Å². The number of amides is 2. The van der Waals surface area contributed by atoms with Crippen molar-refractivity contribution < 1.29 is 17.6 Å². The summed E-state index contributed by atoms with van der Waals surface area (Å²) in [4.78, 5) is 13.1. The molecule has 0 aromatic carbocycles. The maximum atomic E-state index is 12.5. The Balaban J connectivity index is 1.58. The second-order valence-corrected chi connectivity index (χ2v) is 8.69. The number of sulfonamides is 1. The molecule has 3 rings (SSSR count). The number of rotatable bonds is 6. The summed E-state index contributed by atoms with van der Waals surface area (Å²) in [5, 5.41) is 2.69. The lowest BCUT2D eigenvalue weighted by Crippen LogP contribution is -2.41. The smallest absolute Gasteiger partial charge is 0.312 e. The highest BCUT2D eigenvalue weighted by atomic mass is 32.2. The van der Waals surface area contributed by atoms with Gasteiger partial charge in [-0.15, -0.1) is 0 Å². The summed E-state index contributed by atoms with van der Waals surface area (Å²) in [5.74, 6) is 1.00. The van der Waals surface area contributed by atoms with E-state index in [1.165, 1.54) is 4.31 Å². The molecule has 0 radical (unpaired) electrons. The van der Waals surface area contributed by atoms with Gasteiger partial charge in [0, 0.05) is 26.2 Å². The van der Waals surface area contributed by atoms with Crippen LogP contribution in [-0.2, 0) is 16.6 Å². The van der Waals surface area contributed by atoms with Crippen molar-refractivity contribution in [2.45, 2.75) is 37.3 Å². The molecule has 8 nitrogen and oxygen atoms in total. The van der Waals surface area contributed by atoms with Crippen molar-refractivity contribution >= 4 is 16.1 Å². The number of furan rings is 1. The molecule has 2 aliphatic rings. The van der Waals surface area contributed by atoms with Gasteiger partial charge in [-0.1, -0.05) is 0 Å². The number of piperidine rings is 1. The molecule has 0 unspecified atom stereocenters. The van der Waals surface area contributed by atoms with E-state index < -0.39 is 16.1 Å². The van der Waals surface area contributed by atoms with E-state index in [1.807, 2.05) is 0 Å². The van der Waals surface area contributed by atoms with E-state index in [0.717, 1.165) is 38.8 Å². The van der Waals surface area contributed by atoms with Crippen LogP contribution in [-0.4, -0.2) is 56.4 Å². The first-order valence-electron chi connectivity index (χ1n) is 8.79. The Morgan fingerprint density at radius 1 is 1.24 bits per heavy atom. The minimum atomic E-state index is -3.50. The Kier molecular flexibility index (Phi) is 5.65. The number of carbonyl (C=O) groups is 1. The highest BCUT2D eigenvalue weighted by Crippen LogP contribution is 2.24. The summed E-state index contributed by atoms with van der Waals surface area (Å²) in [5.41, 5.74) is 5.12. The molecular formula is C16H26N4O4S. The first-order valence-corrected chi connectivity index (χ1v) is 10.2. The summed E-state index contributed by atoms with van der Waals surface area (Å²) in [6.07, 6.45) is 3.89. The third-order valence-electron chi connectivity index (χ3n) is 4.84. The Morgan fingerprint density at radius 2 is 2.00 bits per heavy atom. The van der Waals surface area contributed by atoms with Gasteiger partial charge in [0.1, 0.15) is 5.76 Å². The maximum absolute atomic E-state index is 12.5. The van der Waals surface area contributed by atoms with Crippen LogP contribution in [0, 0.1) is 5.92 Å². The van der Waals surface area contributed by atoms with E-state index in [9.17, 15) is 13.2 Å². The summed E-state index contributed by atoms with van der Waals surface area (Å²) in [6, 6.07) is 2.80. The van der Waals surface area contributed by atoms with Crippen molar-refractivity contribution in [3.63, 3.8) is 0 Å². The van der Waals surface area contributed by atoms with Gasteiger partial charge >= 0.3 is 6.03 Å². The van der Waals surface area contributed by atoms with Crippen LogP contribution in [0.4, 0.5) is 4.79 Å². The van der Waals surface area contributed by atoms with E-state index >= 15 is 0 Å². The average molecular weight is 370 g/mol. The van der Waals surface area contributed by atoms with Crippen molar-refractivity contribution in [2.75, 3.05) is 32.7 Å². The molecule has 25 heavy (non-hydrogen) atoms. The molecule has 0 spiro atoms. The van der Waals surface area contributed by atoms with Gasteiger partial charge in [0.15, 0.2) is 0 Å². The average Bonchev–Trinajstić information content (AvgIpc) is 3.25. The van der Waals surface area contributed by atoms with Crippen LogP contribution in [0.1, 0.15) is 31.4 Å². The van der Waals surface area contributed by atoms with E-state index in [4.69, 9.17) is 10.2 Å². The number of hydrogen-bond acceptors (Lipinski definition) is 5. The molecule has 0 aliphatic carbocycles. The quantitative estimate of drug-likeness (QED) is 0.775. The SMILES string of the molecule is NC(=O)NC[C@H]1CCCN(Cc2ccc(S(=O)(=O)N3CCCC3)o2)C1. The van der Waals surface area contributed by atoms with Crippen LogP contribution in [0.25, 0.3) is 0 Å². The monoisotopic (exact) mass is 370 g/mol. The molecule has 140 valence electrons.